The van der Waals surface area contributed by atoms with Gasteiger partial charge in [-0.1, -0.05) is 72.3 Å². The fraction of sp³-hybridized carbons (Fsp3) is 0.233. The first-order valence-electron chi connectivity index (χ1n) is 12.4. The molecule has 0 fully saturated rings. The summed E-state index contributed by atoms with van der Waals surface area (Å²) in [6.07, 6.45) is 7.83. The van der Waals surface area contributed by atoms with Crippen LogP contribution in [0.5, 0.6) is 0 Å². The molecule has 7 heteroatoms. The molecule has 4 aromatic rings. The van der Waals surface area contributed by atoms with Crippen molar-refractivity contribution in [2.24, 2.45) is 0 Å². The van der Waals surface area contributed by atoms with Crippen LogP contribution in [0.15, 0.2) is 83.3 Å². The molecular formula is C30H30N2O4S. The predicted molar refractivity (Wildman–Crippen MR) is 149 cm³/mol. The third-order valence-corrected chi connectivity index (χ3v) is 7.97. The number of anilines is 1. The van der Waals surface area contributed by atoms with Gasteiger partial charge in [-0.2, -0.15) is 0 Å². The molecule has 1 aromatic heterocycles. The minimum absolute atomic E-state index is 0.267. The summed E-state index contributed by atoms with van der Waals surface area (Å²) >= 11 is 0. The highest BCUT2D eigenvalue weighted by molar-refractivity contribution is 7.92. The summed E-state index contributed by atoms with van der Waals surface area (Å²) in [6.45, 7) is 2.00. The Hall–Kier alpha value is -3.84. The van der Waals surface area contributed by atoms with Crippen LogP contribution in [0.3, 0.4) is 0 Å². The molecule has 3 aromatic carbocycles. The molecule has 6 nitrogen and oxygen atoms in total. The van der Waals surface area contributed by atoms with E-state index in [4.69, 9.17) is 4.42 Å². The lowest BCUT2D eigenvalue weighted by Gasteiger charge is -2.33. The predicted octanol–water partition coefficient (Wildman–Crippen LogP) is 6.31. The molecule has 37 heavy (non-hydrogen) atoms. The molecule has 0 radical (unpaired) electrons. The number of rotatable bonds is 6. The van der Waals surface area contributed by atoms with Crippen LogP contribution in [0.25, 0.3) is 33.4 Å². The van der Waals surface area contributed by atoms with Gasteiger partial charge >= 0.3 is 0 Å². The maximum absolute atomic E-state index is 13.2. The van der Waals surface area contributed by atoms with E-state index in [0.29, 0.717) is 28.0 Å². The van der Waals surface area contributed by atoms with Gasteiger partial charge in [-0.05, 0) is 37.8 Å². The van der Waals surface area contributed by atoms with Crippen molar-refractivity contribution in [3.63, 3.8) is 0 Å². The molecule has 1 aliphatic carbocycles. The number of benzene rings is 3. The second-order valence-electron chi connectivity index (χ2n) is 9.47. The zero-order valence-corrected chi connectivity index (χ0v) is 22.0. The topological polar surface area (TPSA) is 79.6 Å². The number of nitrogens with one attached hydrogen (secondary N) is 1. The average molecular weight is 515 g/mol. The first-order chi connectivity index (χ1) is 17.8. The Labute approximate surface area is 217 Å². The summed E-state index contributed by atoms with van der Waals surface area (Å²) in [5.74, 6) is 0.185. The first kappa shape index (κ1) is 24.8. The third-order valence-electron chi connectivity index (χ3n) is 6.78. The van der Waals surface area contributed by atoms with Gasteiger partial charge in [-0.3, -0.25) is 9.10 Å². The lowest BCUT2D eigenvalue weighted by Crippen LogP contribution is -2.39. The van der Waals surface area contributed by atoms with Crippen molar-refractivity contribution in [2.45, 2.75) is 32.2 Å². The van der Waals surface area contributed by atoms with Crippen LogP contribution in [0.1, 0.15) is 35.2 Å². The molecule has 0 saturated heterocycles. The van der Waals surface area contributed by atoms with Gasteiger partial charge in [0.2, 0.25) is 10.0 Å². The summed E-state index contributed by atoms with van der Waals surface area (Å²) in [5.41, 5.74) is 4.86. The lowest BCUT2D eigenvalue weighted by molar-refractivity contribution is 0.0964. The zero-order chi connectivity index (χ0) is 26.2. The normalized spacial score (nSPS) is 15.6. The van der Waals surface area contributed by atoms with Crippen LogP contribution in [-0.2, 0) is 10.0 Å². The molecule has 0 saturated carbocycles. The van der Waals surface area contributed by atoms with Crippen LogP contribution in [0.2, 0.25) is 0 Å². The number of hydrogen-bond acceptors (Lipinski definition) is 4. The number of nitrogens with zero attached hydrogens (tertiary/aromatic N) is 1. The summed E-state index contributed by atoms with van der Waals surface area (Å²) < 4.78 is 34.3. The fourth-order valence-electron chi connectivity index (χ4n) is 5.02. The highest BCUT2D eigenvalue weighted by Crippen LogP contribution is 2.42. The number of furan rings is 1. The fourth-order valence-corrected chi connectivity index (χ4v) is 6.19. The monoisotopic (exact) mass is 514 g/mol. The first-order valence-corrected chi connectivity index (χ1v) is 14.2. The summed E-state index contributed by atoms with van der Waals surface area (Å²) in [6, 6.07) is 20.8. The number of fused-ring (bicyclic) bond motifs is 1. The molecule has 0 bridgehead atoms. The van der Waals surface area contributed by atoms with Gasteiger partial charge in [0.05, 0.1) is 23.5 Å². The van der Waals surface area contributed by atoms with Crippen molar-refractivity contribution in [2.75, 3.05) is 17.6 Å². The maximum Gasteiger partial charge on any atom is 0.255 e. The largest absolute Gasteiger partial charge is 0.455 e. The van der Waals surface area contributed by atoms with E-state index >= 15 is 0 Å². The maximum atomic E-state index is 13.2. The SMILES string of the molecule is CNC(=O)c1c(-c2ccc(C)cc2)oc2cc(N(C3C=CCCC3)S(C)(=O)=O)c(-c3ccccc3)cc12. The summed E-state index contributed by atoms with van der Waals surface area (Å²) in [4.78, 5) is 13.1. The molecule has 1 amide bonds. The number of aryl methyl sites for hydroxylation is 1. The average Bonchev–Trinajstić information content (AvgIpc) is 3.27. The molecule has 190 valence electrons. The Morgan fingerprint density at radius 2 is 1.76 bits per heavy atom. The standard InChI is InChI=1S/C30H30N2O4S/c1-20-14-16-22(17-15-20)29-28(30(33)31-2)25-18-24(21-10-6-4-7-11-21)26(19-27(25)36-29)32(37(3,34)35)23-12-8-5-9-13-23/h4,6-8,10-12,14-19,23H,5,9,13H2,1-3H3,(H,31,33). The van der Waals surface area contributed by atoms with Crippen LogP contribution in [0, 0.1) is 6.92 Å². The minimum atomic E-state index is -3.64. The third kappa shape index (κ3) is 4.79. The van der Waals surface area contributed by atoms with Crippen LogP contribution < -0.4 is 9.62 Å². The van der Waals surface area contributed by atoms with Gasteiger partial charge in [-0.15, -0.1) is 0 Å². The molecule has 1 N–H and O–H groups in total. The Bertz CT molecular complexity index is 1590. The zero-order valence-electron chi connectivity index (χ0n) is 21.2. The van der Waals surface area contributed by atoms with E-state index in [0.717, 1.165) is 41.5 Å². The lowest BCUT2D eigenvalue weighted by atomic mass is 9.97. The number of amides is 1. The van der Waals surface area contributed by atoms with E-state index in [1.54, 1.807) is 13.1 Å². The summed E-state index contributed by atoms with van der Waals surface area (Å²) in [7, 11) is -2.05. The van der Waals surface area contributed by atoms with E-state index < -0.39 is 10.0 Å². The van der Waals surface area contributed by atoms with Gasteiger partial charge < -0.3 is 9.73 Å². The second-order valence-corrected chi connectivity index (χ2v) is 11.3. The molecule has 1 heterocycles. The molecule has 1 unspecified atom stereocenters. The number of hydrogen-bond donors (Lipinski definition) is 1. The smallest absolute Gasteiger partial charge is 0.255 e. The Morgan fingerprint density at radius 1 is 1.03 bits per heavy atom. The van der Waals surface area contributed by atoms with Crippen molar-refractivity contribution < 1.29 is 17.6 Å². The van der Waals surface area contributed by atoms with E-state index in [1.165, 1.54) is 10.6 Å². The van der Waals surface area contributed by atoms with Crippen molar-refractivity contribution in [3.8, 4) is 22.5 Å². The van der Waals surface area contributed by atoms with Crippen molar-refractivity contribution in [3.05, 3.63) is 90.0 Å². The van der Waals surface area contributed by atoms with E-state index in [2.05, 4.69) is 5.32 Å². The highest BCUT2D eigenvalue weighted by atomic mass is 32.2. The van der Waals surface area contributed by atoms with Gasteiger partial charge in [-0.25, -0.2) is 8.42 Å². The van der Waals surface area contributed by atoms with Gasteiger partial charge in [0.1, 0.15) is 11.3 Å². The molecule has 1 atom stereocenters. The number of sulfonamides is 1. The quantitative estimate of drug-likeness (QED) is 0.306. The minimum Gasteiger partial charge on any atom is -0.455 e. The van der Waals surface area contributed by atoms with E-state index in [9.17, 15) is 13.2 Å². The van der Waals surface area contributed by atoms with Gasteiger partial charge in [0.25, 0.3) is 5.91 Å². The number of carbonyl (C=O) groups is 1. The van der Waals surface area contributed by atoms with Gasteiger partial charge in [0, 0.05) is 29.6 Å². The van der Waals surface area contributed by atoms with Crippen LogP contribution in [-0.4, -0.2) is 33.7 Å². The molecule has 5 rings (SSSR count). The Kier molecular flexibility index (Phi) is 6.65. The van der Waals surface area contributed by atoms with Crippen LogP contribution >= 0.6 is 0 Å². The summed E-state index contributed by atoms with van der Waals surface area (Å²) in [5, 5.41) is 3.37. The van der Waals surface area contributed by atoms with E-state index in [-0.39, 0.29) is 11.9 Å². The Balaban J connectivity index is 1.84. The number of allylic oxidation sites excluding steroid dienone is 1. The highest BCUT2D eigenvalue weighted by Gasteiger charge is 2.31. The van der Waals surface area contributed by atoms with Crippen molar-refractivity contribution in [1.29, 1.82) is 0 Å². The van der Waals surface area contributed by atoms with Gasteiger partial charge in [0.15, 0.2) is 0 Å². The van der Waals surface area contributed by atoms with Crippen molar-refractivity contribution in [1.82, 2.24) is 5.32 Å². The second kappa shape index (κ2) is 9.90. The Morgan fingerprint density at radius 3 is 2.38 bits per heavy atom. The molecule has 0 aliphatic heterocycles. The van der Waals surface area contributed by atoms with E-state index in [1.807, 2.05) is 79.7 Å². The molecule has 0 spiro atoms. The molecule has 1 aliphatic rings. The van der Waals surface area contributed by atoms with Crippen LogP contribution in [0.4, 0.5) is 5.69 Å². The molecular weight excluding hydrogens is 484 g/mol. The number of carbonyl (C=O) groups excluding carboxylic acids is 1. The van der Waals surface area contributed by atoms with Crippen molar-refractivity contribution >= 4 is 32.6 Å².